The van der Waals surface area contributed by atoms with Crippen LogP contribution in [0.15, 0.2) is 48.0 Å². The van der Waals surface area contributed by atoms with Crippen molar-refractivity contribution in [3.63, 3.8) is 0 Å². The molecule has 0 bridgehead atoms. The number of halogens is 1. The lowest BCUT2D eigenvalue weighted by Crippen LogP contribution is -2.30. The highest BCUT2D eigenvalue weighted by atomic mass is 35.5. The van der Waals surface area contributed by atoms with Gasteiger partial charge in [-0.25, -0.2) is 0 Å². The van der Waals surface area contributed by atoms with E-state index in [4.69, 9.17) is 16.3 Å². The number of nitriles is 1. The van der Waals surface area contributed by atoms with Crippen molar-refractivity contribution in [1.29, 1.82) is 5.26 Å². The molecule has 4 rings (SSSR count). The molecule has 2 aromatic carbocycles. The van der Waals surface area contributed by atoms with Crippen LogP contribution in [0.25, 0.3) is 10.8 Å². The maximum atomic E-state index is 9.40. The number of anilines is 2. The topological polar surface area (TPSA) is 94.3 Å². The van der Waals surface area contributed by atoms with Crippen LogP contribution in [0.4, 0.5) is 11.6 Å². The summed E-state index contributed by atoms with van der Waals surface area (Å²) in [6, 6.07) is 13.4. The summed E-state index contributed by atoms with van der Waals surface area (Å²) in [7, 11) is 1.58. The van der Waals surface area contributed by atoms with Gasteiger partial charge in [0.25, 0.3) is 0 Å². The smallest absolute Gasteiger partial charge is 0.159 e. The lowest BCUT2D eigenvalue weighted by molar-refractivity contribution is 0.297. The third-order valence-corrected chi connectivity index (χ3v) is 5.90. The Morgan fingerprint density at radius 3 is 2.78 bits per heavy atom. The molecule has 32 heavy (non-hydrogen) atoms. The van der Waals surface area contributed by atoms with Crippen LogP contribution in [0.2, 0.25) is 5.02 Å². The second-order valence-corrected chi connectivity index (χ2v) is 8.01. The lowest BCUT2D eigenvalue weighted by atomic mass is 10.0. The molecule has 164 valence electrons. The van der Waals surface area contributed by atoms with Crippen molar-refractivity contribution in [2.75, 3.05) is 37.0 Å². The number of fused-ring (bicyclic) bond motifs is 1. The minimum Gasteiger partial charge on any atom is -0.495 e. The van der Waals surface area contributed by atoms with Crippen molar-refractivity contribution in [2.24, 2.45) is 0 Å². The van der Waals surface area contributed by atoms with Crippen LogP contribution in [-0.2, 0) is 6.54 Å². The minimum absolute atomic E-state index is 0.172. The van der Waals surface area contributed by atoms with Gasteiger partial charge < -0.3 is 20.1 Å². The maximum Gasteiger partial charge on any atom is 0.159 e. The second-order valence-electron chi connectivity index (χ2n) is 7.60. The first-order valence-electron chi connectivity index (χ1n) is 10.4. The number of methoxy groups -OCH3 is 1. The summed E-state index contributed by atoms with van der Waals surface area (Å²) in [5, 5.41) is 33.2. The molecule has 0 spiro atoms. The Bertz CT molecular complexity index is 1200. The summed E-state index contributed by atoms with van der Waals surface area (Å²) in [6.07, 6.45) is 3.75. The molecule has 7 nitrogen and oxygen atoms in total. The van der Waals surface area contributed by atoms with Gasteiger partial charge >= 0.3 is 0 Å². The molecule has 2 heterocycles. The number of benzene rings is 2. The summed E-state index contributed by atoms with van der Waals surface area (Å²) in [5.74, 6) is 2.03. The highest BCUT2D eigenvalue weighted by Gasteiger charge is 2.18. The van der Waals surface area contributed by atoms with Gasteiger partial charge in [-0.3, -0.25) is 0 Å². The SMILES string of the molecule is COc1ccc(CNc2nnc(N3CC=C(CCO)CC3)c3ccc(C#N)cc23)cc1Cl. The van der Waals surface area contributed by atoms with Crippen molar-refractivity contribution in [1.82, 2.24) is 10.2 Å². The van der Waals surface area contributed by atoms with Gasteiger partial charge in [-0.05, 0) is 48.7 Å². The molecule has 0 aliphatic carbocycles. The number of aliphatic hydroxyl groups excluding tert-OH is 1. The average Bonchev–Trinajstić information content (AvgIpc) is 2.83. The number of hydrogen-bond acceptors (Lipinski definition) is 7. The van der Waals surface area contributed by atoms with Gasteiger partial charge in [-0.1, -0.05) is 29.3 Å². The molecule has 1 aliphatic rings. The van der Waals surface area contributed by atoms with E-state index in [1.807, 2.05) is 30.3 Å². The zero-order valence-electron chi connectivity index (χ0n) is 17.8. The quantitative estimate of drug-likeness (QED) is 0.519. The van der Waals surface area contributed by atoms with Crippen molar-refractivity contribution in [3.8, 4) is 11.8 Å². The lowest BCUT2D eigenvalue weighted by Gasteiger charge is -2.28. The Kier molecular flexibility index (Phi) is 6.74. The Hall–Kier alpha value is -3.34. The third kappa shape index (κ3) is 4.62. The first kappa shape index (κ1) is 21.9. The van der Waals surface area contributed by atoms with Gasteiger partial charge in [-0.2, -0.15) is 5.26 Å². The van der Waals surface area contributed by atoms with Gasteiger partial charge in [0.2, 0.25) is 0 Å². The summed E-state index contributed by atoms with van der Waals surface area (Å²) < 4.78 is 5.21. The first-order valence-corrected chi connectivity index (χ1v) is 10.8. The van der Waals surface area contributed by atoms with Gasteiger partial charge in [0.1, 0.15) is 5.75 Å². The van der Waals surface area contributed by atoms with E-state index in [1.54, 1.807) is 13.2 Å². The van der Waals surface area contributed by atoms with E-state index in [2.05, 4.69) is 32.6 Å². The van der Waals surface area contributed by atoms with Crippen molar-refractivity contribution in [3.05, 3.63) is 64.2 Å². The fourth-order valence-corrected chi connectivity index (χ4v) is 4.13. The van der Waals surface area contributed by atoms with Gasteiger partial charge in [0.05, 0.1) is 23.8 Å². The van der Waals surface area contributed by atoms with Gasteiger partial charge in [0.15, 0.2) is 11.6 Å². The molecule has 8 heteroatoms. The molecule has 0 atom stereocenters. The van der Waals surface area contributed by atoms with E-state index in [1.165, 1.54) is 5.57 Å². The summed E-state index contributed by atoms with van der Waals surface area (Å²) >= 11 is 6.24. The van der Waals surface area contributed by atoms with Crippen molar-refractivity contribution < 1.29 is 9.84 Å². The molecular weight excluding hydrogens is 426 g/mol. The Balaban J connectivity index is 1.63. The molecule has 1 aliphatic heterocycles. The van der Waals surface area contributed by atoms with Crippen LogP contribution < -0.4 is 15.0 Å². The van der Waals surface area contributed by atoms with E-state index < -0.39 is 0 Å². The predicted octanol–water partition coefficient (Wildman–Crippen LogP) is 4.29. The number of ether oxygens (including phenoxy) is 1. The predicted molar refractivity (Wildman–Crippen MR) is 126 cm³/mol. The van der Waals surface area contributed by atoms with E-state index in [0.717, 1.165) is 41.7 Å². The molecular formula is C24H24ClN5O2. The molecule has 0 saturated carbocycles. The number of aromatic nitrogens is 2. The van der Waals surface area contributed by atoms with Crippen LogP contribution in [0.1, 0.15) is 24.0 Å². The highest BCUT2D eigenvalue weighted by Crippen LogP contribution is 2.32. The monoisotopic (exact) mass is 449 g/mol. The fraction of sp³-hybridized carbons (Fsp3) is 0.292. The summed E-state index contributed by atoms with van der Waals surface area (Å²) in [6.45, 7) is 2.20. The Labute approximate surface area is 191 Å². The largest absolute Gasteiger partial charge is 0.495 e. The van der Waals surface area contributed by atoms with E-state index >= 15 is 0 Å². The molecule has 2 N–H and O–H groups in total. The molecule has 0 radical (unpaired) electrons. The van der Waals surface area contributed by atoms with E-state index in [-0.39, 0.29) is 6.61 Å². The Morgan fingerprint density at radius 1 is 1.22 bits per heavy atom. The van der Waals surface area contributed by atoms with Crippen LogP contribution in [-0.4, -0.2) is 42.1 Å². The van der Waals surface area contributed by atoms with Gasteiger partial charge in [-0.15, -0.1) is 10.2 Å². The molecule has 0 fully saturated rings. The number of aliphatic hydroxyl groups is 1. The van der Waals surface area contributed by atoms with Crippen molar-refractivity contribution >= 4 is 34.0 Å². The van der Waals surface area contributed by atoms with Crippen molar-refractivity contribution in [2.45, 2.75) is 19.4 Å². The number of hydrogen-bond donors (Lipinski definition) is 2. The normalized spacial score (nSPS) is 13.6. The Morgan fingerprint density at radius 2 is 2.09 bits per heavy atom. The average molecular weight is 450 g/mol. The van der Waals surface area contributed by atoms with Crippen LogP contribution in [0.5, 0.6) is 5.75 Å². The first-order chi connectivity index (χ1) is 15.6. The molecule has 0 saturated heterocycles. The van der Waals surface area contributed by atoms with Crippen LogP contribution in [0, 0.1) is 11.3 Å². The third-order valence-electron chi connectivity index (χ3n) is 5.60. The highest BCUT2D eigenvalue weighted by molar-refractivity contribution is 6.32. The molecule has 1 aromatic heterocycles. The summed E-state index contributed by atoms with van der Waals surface area (Å²) in [5.41, 5.74) is 2.81. The molecule has 0 amide bonds. The maximum absolute atomic E-state index is 9.40. The van der Waals surface area contributed by atoms with E-state index in [0.29, 0.717) is 35.1 Å². The van der Waals surface area contributed by atoms with Crippen LogP contribution in [0.3, 0.4) is 0 Å². The molecule has 0 unspecified atom stereocenters. The molecule has 3 aromatic rings. The fourth-order valence-electron chi connectivity index (χ4n) is 3.85. The zero-order chi connectivity index (χ0) is 22.5. The second kappa shape index (κ2) is 9.86. The van der Waals surface area contributed by atoms with Crippen LogP contribution >= 0.6 is 11.6 Å². The number of nitrogens with one attached hydrogen (secondary N) is 1. The zero-order valence-corrected chi connectivity index (χ0v) is 18.6. The number of nitrogens with zero attached hydrogens (tertiary/aromatic N) is 4. The van der Waals surface area contributed by atoms with E-state index in [9.17, 15) is 10.4 Å². The summed E-state index contributed by atoms with van der Waals surface area (Å²) in [4.78, 5) is 2.18. The minimum atomic E-state index is 0.172. The van der Waals surface area contributed by atoms with Gasteiger partial charge in [0, 0.05) is 37.0 Å². The number of rotatable bonds is 7. The standard InChI is InChI=1S/C24H24ClN5O2/c1-32-22-5-3-18(13-21(22)25)15-27-23-20-12-17(14-26)2-4-19(20)24(29-28-23)30-9-6-16(7-10-30)8-11-31/h2-6,12-13,31H,7-11,15H2,1H3,(H,27,28).